The summed E-state index contributed by atoms with van der Waals surface area (Å²) in [6.07, 6.45) is 1.31. The fourth-order valence-electron chi connectivity index (χ4n) is 2.25. The van der Waals surface area contributed by atoms with E-state index in [0.29, 0.717) is 21.3 Å². The second-order valence-corrected chi connectivity index (χ2v) is 6.94. The molecule has 3 N–H and O–H groups in total. The van der Waals surface area contributed by atoms with Gasteiger partial charge in [-0.05, 0) is 75.3 Å². The van der Waals surface area contributed by atoms with Crippen molar-refractivity contribution in [1.29, 1.82) is 0 Å². The summed E-state index contributed by atoms with van der Waals surface area (Å²) >= 11 is 5.58. The lowest BCUT2D eigenvalue weighted by atomic mass is 10.1. The smallest absolute Gasteiger partial charge is 0.276 e. The Bertz CT molecular complexity index is 910. The number of hydrogen-bond acceptors (Lipinski definition) is 5. The van der Waals surface area contributed by atoms with Crippen molar-refractivity contribution in [2.24, 2.45) is 0 Å². The number of benzene rings is 2. The first kappa shape index (κ1) is 16.2. The molecule has 0 fully saturated rings. The van der Waals surface area contributed by atoms with Gasteiger partial charge in [0.25, 0.3) is 5.91 Å². The Morgan fingerprint density at radius 3 is 2.87 bits per heavy atom. The highest BCUT2D eigenvalue weighted by atomic mass is 127. The zero-order chi connectivity index (χ0) is 16.6. The molecule has 0 atom stereocenters. The first-order chi connectivity index (χ1) is 11.0. The van der Waals surface area contributed by atoms with Gasteiger partial charge in [-0.3, -0.25) is 10.0 Å². The molecule has 0 spiro atoms. The lowest BCUT2D eigenvalue weighted by Crippen LogP contribution is -2.20. The average molecular weight is 488 g/mol. The van der Waals surface area contributed by atoms with Crippen LogP contribution in [0.15, 0.2) is 39.5 Å². The molecule has 0 bridgehead atoms. The van der Waals surface area contributed by atoms with Crippen molar-refractivity contribution >= 4 is 66.9 Å². The molecule has 0 aliphatic heterocycles. The Labute approximate surface area is 153 Å². The number of halogens is 2. The minimum absolute atomic E-state index is 0.249. The van der Waals surface area contributed by atoms with Gasteiger partial charge in [0.15, 0.2) is 12.0 Å². The lowest BCUT2D eigenvalue weighted by molar-refractivity contribution is 0.0707. The summed E-state index contributed by atoms with van der Waals surface area (Å²) in [4.78, 5) is 16.2. The predicted molar refractivity (Wildman–Crippen MR) is 98.1 cm³/mol. The number of aromatic nitrogens is 1. The van der Waals surface area contributed by atoms with E-state index in [9.17, 15) is 4.79 Å². The molecule has 3 aromatic rings. The highest BCUT2D eigenvalue weighted by Crippen LogP contribution is 2.35. The summed E-state index contributed by atoms with van der Waals surface area (Å²) in [7, 11) is 0. The number of fused-ring (bicyclic) bond motifs is 1. The summed E-state index contributed by atoms with van der Waals surface area (Å²) in [6.45, 7) is 1.97. The first-order valence-corrected chi connectivity index (χ1v) is 8.41. The molecule has 0 aliphatic carbocycles. The van der Waals surface area contributed by atoms with E-state index in [1.54, 1.807) is 11.5 Å². The van der Waals surface area contributed by atoms with Crippen molar-refractivity contribution in [3.63, 3.8) is 0 Å². The molecule has 1 aromatic heterocycles. The molecule has 0 saturated carbocycles. The Hall–Kier alpha value is -1.65. The van der Waals surface area contributed by atoms with E-state index in [0.717, 1.165) is 14.8 Å². The molecular weight excluding hydrogens is 477 g/mol. The second-order valence-electron chi connectivity index (χ2n) is 4.84. The van der Waals surface area contributed by atoms with Crippen LogP contribution in [-0.2, 0) is 0 Å². The third-order valence-corrected chi connectivity index (χ3v) is 4.62. The Kier molecular flexibility index (Phi) is 4.55. The number of hydroxylamine groups is 1. The van der Waals surface area contributed by atoms with Crippen LogP contribution in [0.2, 0.25) is 0 Å². The second kappa shape index (κ2) is 6.46. The van der Waals surface area contributed by atoms with Gasteiger partial charge in [-0.15, -0.1) is 0 Å². The van der Waals surface area contributed by atoms with Crippen molar-refractivity contribution in [1.82, 2.24) is 10.5 Å². The average Bonchev–Trinajstić information content (AvgIpc) is 3.01. The van der Waals surface area contributed by atoms with Crippen LogP contribution in [0, 0.1) is 10.5 Å². The van der Waals surface area contributed by atoms with Crippen LogP contribution in [0.1, 0.15) is 15.9 Å². The molecule has 0 aliphatic rings. The van der Waals surface area contributed by atoms with Crippen LogP contribution in [0.4, 0.5) is 11.4 Å². The number of amides is 1. The summed E-state index contributed by atoms with van der Waals surface area (Å²) in [5, 5.41) is 12.2. The maximum absolute atomic E-state index is 12.0. The third kappa shape index (κ3) is 3.06. The van der Waals surface area contributed by atoms with Gasteiger partial charge in [0, 0.05) is 9.26 Å². The number of nitrogens with zero attached hydrogens (tertiary/aromatic N) is 1. The predicted octanol–water partition coefficient (Wildman–Crippen LogP) is 4.37. The Morgan fingerprint density at radius 1 is 1.39 bits per heavy atom. The maximum Gasteiger partial charge on any atom is 0.276 e. The van der Waals surface area contributed by atoms with Crippen LogP contribution >= 0.6 is 38.5 Å². The lowest BCUT2D eigenvalue weighted by Gasteiger charge is -2.14. The van der Waals surface area contributed by atoms with E-state index in [1.807, 2.05) is 25.1 Å². The van der Waals surface area contributed by atoms with E-state index in [4.69, 9.17) is 9.62 Å². The van der Waals surface area contributed by atoms with E-state index in [2.05, 4.69) is 48.8 Å². The summed E-state index contributed by atoms with van der Waals surface area (Å²) in [6, 6.07) is 7.48. The van der Waals surface area contributed by atoms with Crippen LogP contribution in [0.3, 0.4) is 0 Å². The van der Waals surface area contributed by atoms with Gasteiger partial charge in [0.1, 0.15) is 5.52 Å². The largest absolute Gasteiger partial charge is 0.442 e. The monoisotopic (exact) mass is 487 g/mol. The van der Waals surface area contributed by atoms with Crippen LogP contribution in [0.5, 0.6) is 0 Å². The van der Waals surface area contributed by atoms with Gasteiger partial charge >= 0.3 is 0 Å². The fraction of sp³-hybridized carbons (Fsp3) is 0.0667. The number of rotatable bonds is 3. The molecule has 0 unspecified atom stereocenters. The van der Waals surface area contributed by atoms with Gasteiger partial charge in [-0.1, -0.05) is 0 Å². The molecule has 6 nitrogen and oxygen atoms in total. The molecule has 8 heteroatoms. The maximum atomic E-state index is 12.0. The van der Waals surface area contributed by atoms with Crippen molar-refractivity contribution in [3.05, 3.63) is 49.8 Å². The Morgan fingerprint density at radius 2 is 2.17 bits per heavy atom. The molecule has 2 aromatic carbocycles. The minimum Gasteiger partial charge on any atom is -0.442 e. The van der Waals surface area contributed by atoms with Crippen LogP contribution < -0.4 is 10.8 Å². The molecule has 3 rings (SSSR count). The van der Waals surface area contributed by atoms with Crippen molar-refractivity contribution < 1.29 is 14.4 Å². The SMILES string of the molecule is Cc1cc(I)ccc1Nc1c(C(=O)NO)cc(Br)c2ocnc12. The molecule has 118 valence electrons. The van der Waals surface area contributed by atoms with E-state index in [-0.39, 0.29) is 5.56 Å². The topological polar surface area (TPSA) is 87.4 Å². The molecule has 1 amide bonds. The standard InChI is InChI=1S/C15H11BrIN3O3/c1-7-4-8(17)2-3-11(7)19-12-9(15(21)20-22)5-10(16)14-13(12)18-6-23-14/h2-6,19,22H,1H3,(H,20,21). The van der Waals surface area contributed by atoms with Crippen LogP contribution in [-0.4, -0.2) is 16.1 Å². The van der Waals surface area contributed by atoms with E-state index >= 15 is 0 Å². The molecule has 23 heavy (non-hydrogen) atoms. The van der Waals surface area contributed by atoms with Crippen LogP contribution in [0.25, 0.3) is 11.1 Å². The quantitative estimate of drug-likeness (QED) is 0.290. The zero-order valence-electron chi connectivity index (χ0n) is 11.9. The summed E-state index contributed by atoms with van der Waals surface area (Å²) in [5.74, 6) is -0.638. The minimum atomic E-state index is -0.638. The highest BCUT2D eigenvalue weighted by Gasteiger charge is 2.20. The van der Waals surface area contributed by atoms with Gasteiger partial charge < -0.3 is 9.73 Å². The Balaban J connectivity index is 2.20. The summed E-state index contributed by atoms with van der Waals surface area (Å²) < 4.78 is 7.04. The zero-order valence-corrected chi connectivity index (χ0v) is 15.6. The number of carbonyl (C=O) groups excluding carboxylic acids is 1. The molecule has 0 radical (unpaired) electrons. The number of hydrogen-bond donors (Lipinski definition) is 3. The van der Waals surface area contributed by atoms with E-state index in [1.165, 1.54) is 6.39 Å². The van der Waals surface area contributed by atoms with Crippen molar-refractivity contribution in [2.45, 2.75) is 6.92 Å². The molecular formula is C15H11BrIN3O3. The number of anilines is 2. The van der Waals surface area contributed by atoms with Gasteiger partial charge in [0.2, 0.25) is 0 Å². The normalized spacial score (nSPS) is 10.8. The molecule has 0 saturated heterocycles. The van der Waals surface area contributed by atoms with Crippen molar-refractivity contribution in [2.75, 3.05) is 5.32 Å². The number of nitrogens with one attached hydrogen (secondary N) is 2. The summed E-state index contributed by atoms with van der Waals surface area (Å²) in [5.41, 5.74) is 5.24. The third-order valence-electron chi connectivity index (χ3n) is 3.36. The first-order valence-electron chi connectivity index (χ1n) is 6.54. The molecule has 1 heterocycles. The number of oxazole rings is 1. The van der Waals surface area contributed by atoms with Gasteiger partial charge in [-0.25, -0.2) is 10.5 Å². The van der Waals surface area contributed by atoms with E-state index < -0.39 is 5.91 Å². The fourth-order valence-corrected chi connectivity index (χ4v) is 3.41. The van der Waals surface area contributed by atoms with Crippen molar-refractivity contribution in [3.8, 4) is 0 Å². The van der Waals surface area contributed by atoms with Gasteiger partial charge in [-0.2, -0.15) is 0 Å². The number of carbonyl (C=O) groups is 1. The van der Waals surface area contributed by atoms with Gasteiger partial charge in [0.05, 0.1) is 15.7 Å². The highest BCUT2D eigenvalue weighted by molar-refractivity contribution is 14.1. The number of aryl methyl sites for hydroxylation is 1.